The third-order valence-electron chi connectivity index (χ3n) is 3.48. The van der Waals surface area contributed by atoms with Gasteiger partial charge in [-0.2, -0.15) is 5.26 Å². The van der Waals surface area contributed by atoms with Crippen molar-refractivity contribution in [3.05, 3.63) is 45.0 Å². The Morgan fingerprint density at radius 1 is 1.16 bits per heavy atom. The highest BCUT2D eigenvalue weighted by atomic mass is 127. The molecule has 0 heterocycles. The molecule has 6 heteroatoms. The SMILES string of the molecule is CCOc1cc(/C=C(\C#N)c2ccc(OC)c(OC)c2)cc(I)c1O. The number of nitriles is 1. The summed E-state index contributed by atoms with van der Waals surface area (Å²) in [5, 5.41) is 19.6. The van der Waals surface area contributed by atoms with Gasteiger partial charge in [0.15, 0.2) is 23.0 Å². The fourth-order valence-electron chi connectivity index (χ4n) is 2.29. The predicted octanol–water partition coefficient (Wildman–Crippen LogP) is 4.48. The maximum atomic E-state index is 10.0. The molecule has 0 fully saturated rings. The number of aromatic hydroxyl groups is 1. The molecule has 0 spiro atoms. The molecule has 130 valence electrons. The van der Waals surface area contributed by atoms with E-state index in [-0.39, 0.29) is 5.75 Å². The van der Waals surface area contributed by atoms with Gasteiger partial charge in [-0.1, -0.05) is 0 Å². The molecule has 0 aliphatic heterocycles. The Labute approximate surface area is 160 Å². The van der Waals surface area contributed by atoms with Crippen LogP contribution in [0.15, 0.2) is 30.3 Å². The molecule has 0 unspecified atom stereocenters. The van der Waals surface area contributed by atoms with Crippen LogP contribution >= 0.6 is 22.6 Å². The molecule has 0 saturated carbocycles. The van der Waals surface area contributed by atoms with E-state index in [9.17, 15) is 10.4 Å². The standard InChI is InChI=1S/C19H18INO4/c1-4-25-18-9-12(8-15(20)19(18)22)7-14(11-21)13-5-6-16(23-2)17(10-13)24-3/h5-10,22H,4H2,1-3H3/b14-7+. The lowest BCUT2D eigenvalue weighted by Gasteiger charge is -2.10. The number of hydrogen-bond donors (Lipinski definition) is 1. The minimum atomic E-state index is 0.101. The number of methoxy groups -OCH3 is 2. The van der Waals surface area contributed by atoms with Crippen LogP contribution in [-0.2, 0) is 0 Å². The smallest absolute Gasteiger partial charge is 0.171 e. The van der Waals surface area contributed by atoms with Crippen LogP contribution in [0.2, 0.25) is 0 Å². The Bertz CT molecular complexity index is 840. The number of phenolic OH excluding ortho intramolecular Hbond substituents is 1. The van der Waals surface area contributed by atoms with Gasteiger partial charge in [0.2, 0.25) is 0 Å². The number of rotatable bonds is 6. The Morgan fingerprint density at radius 3 is 2.48 bits per heavy atom. The Kier molecular flexibility index (Phi) is 6.53. The van der Waals surface area contributed by atoms with E-state index in [1.807, 2.05) is 29.5 Å². The molecule has 0 aromatic heterocycles. The lowest BCUT2D eigenvalue weighted by Crippen LogP contribution is -1.94. The molecule has 0 aliphatic rings. The topological polar surface area (TPSA) is 71.7 Å². The normalized spacial score (nSPS) is 10.9. The fraction of sp³-hybridized carbons (Fsp3) is 0.211. The summed E-state index contributed by atoms with van der Waals surface area (Å²) in [5.74, 6) is 1.65. The number of nitrogens with zero attached hydrogens (tertiary/aromatic N) is 1. The average Bonchev–Trinajstić information content (AvgIpc) is 2.63. The van der Waals surface area contributed by atoms with E-state index in [2.05, 4.69) is 6.07 Å². The first-order chi connectivity index (χ1) is 12.0. The predicted molar refractivity (Wildman–Crippen MR) is 105 cm³/mol. The zero-order valence-electron chi connectivity index (χ0n) is 14.2. The summed E-state index contributed by atoms with van der Waals surface area (Å²) >= 11 is 2.03. The molecule has 2 rings (SSSR count). The van der Waals surface area contributed by atoms with Gasteiger partial charge in [0.05, 0.1) is 36.0 Å². The second-order valence-electron chi connectivity index (χ2n) is 5.02. The van der Waals surface area contributed by atoms with Crippen LogP contribution < -0.4 is 14.2 Å². The molecule has 0 aliphatic carbocycles. The van der Waals surface area contributed by atoms with Crippen LogP contribution in [0.4, 0.5) is 0 Å². The van der Waals surface area contributed by atoms with Crippen molar-refractivity contribution >= 4 is 34.2 Å². The molecule has 25 heavy (non-hydrogen) atoms. The van der Waals surface area contributed by atoms with Crippen LogP contribution in [0.25, 0.3) is 11.6 Å². The maximum Gasteiger partial charge on any atom is 0.171 e. The minimum absolute atomic E-state index is 0.101. The Hall–Kier alpha value is -2.40. The lowest BCUT2D eigenvalue weighted by molar-refractivity contribution is 0.317. The molecule has 0 atom stereocenters. The van der Waals surface area contributed by atoms with E-state index in [0.29, 0.717) is 38.6 Å². The molecule has 2 aromatic carbocycles. The van der Waals surface area contributed by atoms with E-state index in [1.165, 1.54) is 0 Å². The second kappa shape index (κ2) is 8.62. The van der Waals surface area contributed by atoms with Gasteiger partial charge in [-0.3, -0.25) is 0 Å². The highest BCUT2D eigenvalue weighted by molar-refractivity contribution is 14.1. The van der Waals surface area contributed by atoms with Crippen LogP contribution in [0.5, 0.6) is 23.0 Å². The van der Waals surface area contributed by atoms with Crippen molar-refractivity contribution in [2.75, 3.05) is 20.8 Å². The molecule has 0 radical (unpaired) electrons. The van der Waals surface area contributed by atoms with Crippen molar-refractivity contribution in [1.82, 2.24) is 0 Å². The van der Waals surface area contributed by atoms with Crippen LogP contribution in [0.1, 0.15) is 18.1 Å². The number of allylic oxidation sites excluding steroid dienone is 1. The van der Waals surface area contributed by atoms with E-state index < -0.39 is 0 Å². The quantitative estimate of drug-likeness (QED) is 0.399. The van der Waals surface area contributed by atoms with E-state index in [4.69, 9.17) is 14.2 Å². The van der Waals surface area contributed by atoms with Crippen LogP contribution in [0.3, 0.4) is 0 Å². The molecule has 0 amide bonds. The van der Waals surface area contributed by atoms with E-state index in [0.717, 1.165) is 5.56 Å². The summed E-state index contributed by atoms with van der Waals surface area (Å²) in [6.45, 7) is 2.29. The summed E-state index contributed by atoms with van der Waals surface area (Å²) in [5.41, 5.74) is 1.93. The second-order valence-corrected chi connectivity index (χ2v) is 6.18. The first kappa shape index (κ1) is 18.9. The molecule has 0 saturated heterocycles. The summed E-state index contributed by atoms with van der Waals surface area (Å²) < 4.78 is 16.6. The molecule has 0 bridgehead atoms. The van der Waals surface area contributed by atoms with Crippen molar-refractivity contribution in [1.29, 1.82) is 5.26 Å². The molecule has 1 N–H and O–H groups in total. The van der Waals surface area contributed by atoms with Gasteiger partial charge in [-0.05, 0) is 77.0 Å². The highest BCUT2D eigenvalue weighted by Gasteiger charge is 2.11. The monoisotopic (exact) mass is 451 g/mol. The number of benzene rings is 2. The van der Waals surface area contributed by atoms with Crippen molar-refractivity contribution < 1.29 is 19.3 Å². The zero-order valence-corrected chi connectivity index (χ0v) is 16.3. The maximum absolute atomic E-state index is 10.0. The summed E-state index contributed by atoms with van der Waals surface area (Å²) in [6, 6.07) is 11.0. The number of halogens is 1. The van der Waals surface area contributed by atoms with Gasteiger partial charge in [0.25, 0.3) is 0 Å². The zero-order chi connectivity index (χ0) is 18.4. The Morgan fingerprint density at radius 2 is 1.88 bits per heavy atom. The van der Waals surface area contributed by atoms with Gasteiger partial charge in [0.1, 0.15) is 0 Å². The third kappa shape index (κ3) is 4.37. The largest absolute Gasteiger partial charge is 0.504 e. The van der Waals surface area contributed by atoms with Gasteiger partial charge >= 0.3 is 0 Å². The minimum Gasteiger partial charge on any atom is -0.504 e. The van der Waals surface area contributed by atoms with E-state index >= 15 is 0 Å². The van der Waals surface area contributed by atoms with Crippen molar-refractivity contribution in [2.45, 2.75) is 6.92 Å². The van der Waals surface area contributed by atoms with Crippen LogP contribution in [-0.4, -0.2) is 25.9 Å². The van der Waals surface area contributed by atoms with Crippen molar-refractivity contribution in [2.24, 2.45) is 0 Å². The molecular weight excluding hydrogens is 433 g/mol. The molecule has 5 nitrogen and oxygen atoms in total. The van der Waals surface area contributed by atoms with Gasteiger partial charge < -0.3 is 19.3 Å². The Balaban J connectivity index is 2.49. The number of hydrogen-bond acceptors (Lipinski definition) is 5. The summed E-state index contributed by atoms with van der Waals surface area (Å²) in [7, 11) is 3.11. The third-order valence-corrected chi connectivity index (χ3v) is 4.30. The van der Waals surface area contributed by atoms with Crippen LogP contribution in [0, 0.1) is 14.9 Å². The van der Waals surface area contributed by atoms with Gasteiger partial charge in [0, 0.05) is 0 Å². The van der Waals surface area contributed by atoms with E-state index in [1.54, 1.807) is 50.6 Å². The summed E-state index contributed by atoms with van der Waals surface area (Å²) in [4.78, 5) is 0. The molecule has 2 aromatic rings. The van der Waals surface area contributed by atoms with Gasteiger partial charge in [-0.15, -0.1) is 0 Å². The first-order valence-corrected chi connectivity index (χ1v) is 8.61. The fourth-order valence-corrected chi connectivity index (χ4v) is 2.92. The summed E-state index contributed by atoms with van der Waals surface area (Å²) in [6.07, 6.45) is 1.74. The average molecular weight is 451 g/mol. The van der Waals surface area contributed by atoms with Crippen molar-refractivity contribution in [3.8, 4) is 29.1 Å². The number of phenols is 1. The van der Waals surface area contributed by atoms with Gasteiger partial charge in [-0.25, -0.2) is 0 Å². The van der Waals surface area contributed by atoms with Crippen molar-refractivity contribution in [3.63, 3.8) is 0 Å². The molecular formula is C19H18INO4. The highest BCUT2D eigenvalue weighted by Crippen LogP contribution is 2.35. The first-order valence-electron chi connectivity index (χ1n) is 7.53. The lowest BCUT2D eigenvalue weighted by atomic mass is 10.0. The number of ether oxygens (including phenoxy) is 3.